The zero-order chi connectivity index (χ0) is 14.6. The van der Waals surface area contributed by atoms with E-state index in [-0.39, 0.29) is 11.4 Å². The van der Waals surface area contributed by atoms with Crippen molar-refractivity contribution in [2.45, 2.75) is 38.1 Å². The van der Waals surface area contributed by atoms with E-state index in [0.717, 1.165) is 35.9 Å². The molecule has 1 saturated carbocycles. The summed E-state index contributed by atoms with van der Waals surface area (Å²) in [6.07, 6.45) is 2.71. The molecule has 1 aromatic rings. The van der Waals surface area contributed by atoms with Crippen LogP contribution < -0.4 is 5.32 Å². The second-order valence-corrected chi connectivity index (χ2v) is 6.24. The van der Waals surface area contributed by atoms with Crippen LogP contribution in [-0.4, -0.2) is 35.3 Å². The minimum absolute atomic E-state index is 0.115. The van der Waals surface area contributed by atoms with Crippen molar-refractivity contribution in [2.24, 2.45) is 5.41 Å². The summed E-state index contributed by atoms with van der Waals surface area (Å²) in [5.41, 5.74) is 1.07. The van der Waals surface area contributed by atoms with Crippen molar-refractivity contribution in [1.82, 2.24) is 9.97 Å². The van der Waals surface area contributed by atoms with Crippen molar-refractivity contribution < 1.29 is 9.53 Å². The number of nitrogens with zero attached hydrogens (tertiary/aromatic N) is 2. The van der Waals surface area contributed by atoms with E-state index in [2.05, 4.69) is 15.3 Å². The first-order chi connectivity index (χ1) is 9.57. The molecule has 6 heteroatoms. The van der Waals surface area contributed by atoms with Gasteiger partial charge in [-0.3, -0.25) is 4.79 Å². The van der Waals surface area contributed by atoms with Crippen LogP contribution in [0.1, 0.15) is 31.9 Å². The fourth-order valence-corrected chi connectivity index (χ4v) is 3.25. The molecule has 1 aliphatic rings. The van der Waals surface area contributed by atoms with Gasteiger partial charge in [0.2, 0.25) is 5.95 Å². The van der Waals surface area contributed by atoms with Gasteiger partial charge in [0.05, 0.1) is 13.5 Å². The van der Waals surface area contributed by atoms with Gasteiger partial charge in [-0.15, -0.1) is 11.8 Å². The predicted molar refractivity (Wildman–Crippen MR) is 80.0 cm³/mol. The zero-order valence-electron chi connectivity index (χ0n) is 12.2. The van der Waals surface area contributed by atoms with Crippen LogP contribution >= 0.6 is 11.8 Å². The van der Waals surface area contributed by atoms with Crippen LogP contribution in [0.25, 0.3) is 0 Å². The minimum Gasteiger partial charge on any atom is -0.469 e. The normalized spacial score (nSPS) is 15.8. The Labute approximate surface area is 123 Å². The number of rotatable bonds is 7. The van der Waals surface area contributed by atoms with Crippen LogP contribution in [0, 0.1) is 12.3 Å². The van der Waals surface area contributed by atoms with Crippen molar-refractivity contribution in [1.29, 1.82) is 0 Å². The van der Waals surface area contributed by atoms with Crippen LogP contribution in [0.15, 0.2) is 11.1 Å². The number of hydrogen-bond acceptors (Lipinski definition) is 6. The van der Waals surface area contributed by atoms with E-state index in [1.54, 1.807) is 11.8 Å². The zero-order valence-corrected chi connectivity index (χ0v) is 13.0. The van der Waals surface area contributed by atoms with Crippen molar-refractivity contribution in [3.8, 4) is 0 Å². The second-order valence-electron chi connectivity index (χ2n) is 5.24. The maximum atomic E-state index is 11.4. The standard InChI is InChI=1S/C14H21N3O2S/c1-4-15-13-16-10(2)7-11(17-13)20-9-14(5-6-14)8-12(18)19-3/h7H,4-6,8-9H2,1-3H3,(H,15,16,17). The average Bonchev–Trinajstić information content (AvgIpc) is 3.16. The van der Waals surface area contributed by atoms with Crippen LogP contribution in [0.2, 0.25) is 0 Å². The third-order valence-electron chi connectivity index (χ3n) is 3.40. The molecule has 0 aliphatic heterocycles. The predicted octanol–water partition coefficient (Wildman–Crippen LogP) is 2.65. The third-order valence-corrected chi connectivity index (χ3v) is 4.66. The number of aryl methyl sites for hydroxylation is 1. The summed E-state index contributed by atoms with van der Waals surface area (Å²) in [5, 5.41) is 4.10. The van der Waals surface area contributed by atoms with Crippen LogP contribution in [0.3, 0.4) is 0 Å². The number of carbonyl (C=O) groups excluding carboxylic acids is 1. The third kappa shape index (κ3) is 4.10. The molecule has 0 saturated heterocycles. The lowest BCUT2D eigenvalue weighted by atomic mass is 10.1. The summed E-state index contributed by atoms with van der Waals surface area (Å²) in [5.74, 6) is 1.47. The number of carbonyl (C=O) groups is 1. The number of nitrogens with one attached hydrogen (secondary N) is 1. The molecule has 0 amide bonds. The molecule has 5 nitrogen and oxygen atoms in total. The molecule has 0 radical (unpaired) electrons. The molecule has 1 heterocycles. The van der Waals surface area contributed by atoms with E-state index in [1.807, 2.05) is 19.9 Å². The van der Waals surface area contributed by atoms with Crippen LogP contribution in [-0.2, 0) is 9.53 Å². The van der Waals surface area contributed by atoms with Gasteiger partial charge in [0, 0.05) is 18.0 Å². The molecule has 0 aromatic carbocycles. The van der Waals surface area contributed by atoms with Gasteiger partial charge in [0.15, 0.2) is 0 Å². The van der Waals surface area contributed by atoms with E-state index < -0.39 is 0 Å². The number of methoxy groups -OCH3 is 1. The molecule has 2 rings (SSSR count). The van der Waals surface area contributed by atoms with E-state index in [4.69, 9.17) is 4.74 Å². The molecule has 0 spiro atoms. The van der Waals surface area contributed by atoms with Gasteiger partial charge < -0.3 is 10.1 Å². The average molecular weight is 295 g/mol. The summed E-state index contributed by atoms with van der Waals surface area (Å²) in [6.45, 7) is 4.79. The highest BCUT2D eigenvalue weighted by Crippen LogP contribution is 2.52. The van der Waals surface area contributed by atoms with E-state index in [0.29, 0.717) is 12.4 Å². The Morgan fingerprint density at radius 1 is 1.50 bits per heavy atom. The first-order valence-electron chi connectivity index (χ1n) is 6.86. The van der Waals surface area contributed by atoms with Crippen molar-refractivity contribution in [3.05, 3.63) is 11.8 Å². The Morgan fingerprint density at radius 3 is 2.85 bits per heavy atom. The highest BCUT2D eigenvalue weighted by atomic mass is 32.2. The molecule has 20 heavy (non-hydrogen) atoms. The molecule has 1 aliphatic carbocycles. The van der Waals surface area contributed by atoms with Gasteiger partial charge in [-0.05, 0) is 38.2 Å². The Kier molecular flexibility index (Phi) is 4.86. The molecule has 110 valence electrons. The number of aromatic nitrogens is 2. The van der Waals surface area contributed by atoms with Crippen molar-refractivity contribution >= 4 is 23.7 Å². The summed E-state index contributed by atoms with van der Waals surface area (Å²) in [6, 6.07) is 1.99. The van der Waals surface area contributed by atoms with Crippen LogP contribution in [0.5, 0.6) is 0 Å². The number of esters is 1. The highest BCUT2D eigenvalue weighted by molar-refractivity contribution is 7.99. The fraction of sp³-hybridized carbons (Fsp3) is 0.643. The molecular weight excluding hydrogens is 274 g/mol. The largest absolute Gasteiger partial charge is 0.469 e. The van der Waals surface area contributed by atoms with E-state index >= 15 is 0 Å². The Bertz CT molecular complexity index is 489. The summed E-state index contributed by atoms with van der Waals surface area (Å²) in [7, 11) is 1.45. The van der Waals surface area contributed by atoms with Crippen molar-refractivity contribution in [2.75, 3.05) is 24.7 Å². The molecule has 1 aromatic heterocycles. The number of thioether (sulfide) groups is 1. The summed E-state index contributed by atoms with van der Waals surface area (Å²) in [4.78, 5) is 20.2. The van der Waals surface area contributed by atoms with Gasteiger partial charge >= 0.3 is 5.97 Å². The maximum Gasteiger partial charge on any atom is 0.306 e. The smallest absolute Gasteiger partial charge is 0.306 e. The number of ether oxygens (including phenoxy) is 1. The molecule has 0 unspecified atom stereocenters. The Hall–Kier alpha value is -1.30. The van der Waals surface area contributed by atoms with E-state index in [9.17, 15) is 4.79 Å². The molecular formula is C14H21N3O2S. The monoisotopic (exact) mass is 295 g/mol. The van der Waals surface area contributed by atoms with E-state index in [1.165, 1.54) is 7.11 Å². The van der Waals surface area contributed by atoms with Gasteiger partial charge in [0.1, 0.15) is 5.03 Å². The summed E-state index contributed by atoms with van der Waals surface area (Å²) < 4.78 is 4.76. The number of hydrogen-bond donors (Lipinski definition) is 1. The molecule has 0 atom stereocenters. The lowest BCUT2D eigenvalue weighted by Crippen LogP contribution is -2.13. The topological polar surface area (TPSA) is 64.1 Å². The summed E-state index contributed by atoms with van der Waals surface area (Å²) >= 11 is 1.70. The Morgan fingerprint density at radius 2 is 2.25 bits per heavy atom. The number of anilines is 1. The van der Waals surface area contributed by atoms with Crippen LogP contribution in [0.4, 0.5) is 5.95 Å². The van der Waals surface area contributed by atoms with Gasteiger partial charge in [-0.25, -0.2) is 9.97 Å². The quantitative estimate of drug-likeness (QED) is 0.474. The second kappa shape index (κ2) is 6.43. The Balaban J connectivity index is 1.95. The molecule has 1 N–H and O–H groups in total. The maximum absolute atomic E-state index is 11.4. The first kappa shape index (κ1) is 15.1. The molecule has 1 fully saturated rings. The SMILES string of the molecule is CCNc1nc(C)cc(SCC2(CC(=O)OC)CC2)n1. The van der Waals surface area contributed by atoms with Gasteiger partial charge in [-0.1, -0.05) is 0 Å². The first-order valence-corrected chi connectivity index (χ1v) is 7.85. The molecule has 0 bridgehead atoms. The lowest BCUT2D eigenvalue weighted by molar-refractivity contribution is -0.141. The highest BCUT2D eigenvalue weighted by Gasteiger charge is 2.44. The van der Waals surface area contributed by atoms with Gasteiger partial charge in [-0.2, -0.15) is 0 Å². The van der Waals surface area contributed by atoms with Gasteiger partial charge in [0.25, 0.3) is 0 Å². The van der Waals surface area contributed by atoms with Crippen molar-refractivity contribution in [3.63, 3.8) is 0 Å². The lowest BCUT2D eigenvalue weighted by Gasteiger charge is -2.13. The minimum atomic E-state index is -0.115. The fourth-order valence-electron chi connectivity index (χ4n) is 2.01.